The lowest BCUT2D eigenvalue weighted by Gasteiger charge is -2.40. The molecule has 1 fully saturated rings. The number of sulfone groups is 1. The molecule has 2 rings (SSSR count). The molecule has 1 aliphatic heterocycles. The molecule has 0 amide bonds. The third-order valence-electron chi connectivity index (χ3n) is 3.54. The number of hydrogen-bond acceptors (Lipinski definition) is 5. The van der Waals surface area contributed by atoms with E-state index in [1.165, 1.54) is 6.26 Å². The Hall–Kier alpha value is -0.0500. The average molecular weight is 373 g/mol. The van der Waals surface area contributed by atoms with Gasteiger partial charge in [-0.1, -0.05) is 6.42 Å². The number of rotatable bonds is 3. The van der Waals surface area contributed by atoms with Gasteiger partial charge in [-0.3, -0.25) is 4.99 Å². The van der Waals surface area contributed by atoms with Crippen molar-refractivity contribution < 1.29 is 8.42 Å². The maximum atomic E-state index is 11.7. The van der Waals surface area contributed by atoms with E-state index in [1.54, 1.807) is 0 Å². The molecule has 1 atom stereocenters. The molecule has 0 saturated heterocycles. The first-order chi connectivity index (χ1) is 7.43. The van der Waals surface area contributed by atoms with Crippen molar-refractivity contribution in [2.45, 2.75) is 37.0 Å². The lowest BCUT2D eigenvalue weighted by molar-refractivity contribution is 0.336. The minimum atomic E-state index is -2.98. The van der Waals surface area contributed by atoms with Crippen molar-refractivity contribution in [1.82, 2.24) is 10.6 Å². The monoisotopic (exact) mass is 373 g/mol. The first-order valence-corrected chi connectivity index (χ1v) is 7.57. The molecular weight excluding hydrogens is 353 g/mol. The standard InChI is InChI=1S/C10H19N3O2S.HI/c1-8-6-11-9(13-8)12-7-10(4-3-5-10)16(2,14)15;/h8H,3-7H2,1-2H3,(H2,11,12,13);1H. The van der Waals surface area contributed by atoms with Gasteiger partial charge in [-0.05, 0) is 19.8 Å². The molecule has 0 aromatic rings. The summed E-state index contributed by atoms with van der Waals surface area (Å²) >= 11 is 0. The number of nitrogens with one attached hydrogen (secondary N) is 2. The minimum absolute atomic E-state index is 0. The van der Waals surface area contributed by atoms with Crippen LogP contribution < -0.4 is 10.6 Å². The molecule has 1 unspecified atom stereocenters. The lowest BCUT2D eigenvalue weighted by Crippen LogP contribution is -2.54. The molecule has 0 spiro atoms. The molecule has 0 radical (unpaired) electrons. The molecule has 1 aliphatic carbocycles. The summed E-state index contributed by atoms with van der Waals surface area (Å²) in [6, 6.07) is 0.345. The summed E-state index contributed by atoms with van der Waals surface area (Å²) in [6.07, 6.45) is 3.87. The van der Waals surface area contributed by atoms with E-state index in [0.29, 0.717) is 12.6 Å². The van der Waals surface area contributed by atoms with Crippen LogP contribution in [-0.4, -0.2) is 44.5 Å². The maximum Gasteiger partial charge on any atom is 0.191 e. The summed E-state index contributed by atoms with van der Waals surface area (Å²) in [5, 5.41) is 6.29. The molecule has 2 N–H and O–H groups in total. The fraction of sp³-hybridized carbons (Fsp3) is 0.900. The van der Waals surface area contributed by atoms with Gasteiger partial charge in [0.05, 0.1) is 11.3 Å². The number of halogens is 1. The second-order valence-corrected chi connectivity index (χ2v) is 7.31. The minimum Gasteiger partial charge on any atom is -0.355 e. The summed E-state index contributed by atoms with van der Waals surface area (Å²) in [6.45, 7) is 3.28. The third kappa shape index (κ3) is 3.04. The van der Waals surface area contributed by atoms with Crippen molar-refractivity contribution in [1.29, 1.82) is 0 Å². The smallest absolute Gasteiger partial charge is 0.191 e. The van der Waals surface area contributed by atoms with Crippen molar-refractivity contribution in [3.8, 4) is 0 Å². The van der Waals surface area contributed by atoms with E-state index in [1.807, 2.05) is 6.92 Å². The Kier molecular flexibility index (Phi) is 4.67. The van der Waals surface area contributed by atoms with E-state index in [2.05, 4.69) is 15.6 Å². The molecule has 2 aliphatic rings. The predicted molar refractivity (Wildman–Crippen MR) is 79.7 cm³/mol. The quantitative estimate of drug-likeness (QED) is 0.708. The van der Waals surface area contributed by atoms with E-state index in [0.717, 1.165) is 31.8 Å². The van der Waals surface area contributed by atoms with E-state index in [4.69, 9.17) is 0 Å². The molecule has 0 aromatic heterocycles. The highest BCUT2D eigenvalue weighted by Gasteiger charge is 2.46. The fourth-order valence-electron chi connectivity index (χ4n) is 2.15. The molecule has 0 bridgehead atoms. The van der Waals surface area contributed by atoms with Crippen LogP contribution in [0.3, 0.4) is 0 Å². The zero-order valence-corrected chi connectivity index (χ0v) is 13.3. The molecule has 100 valence electrons. The largest absolute Gasteiger partial charge is 0.355 e. The Morgan fingerprint density at radius 2 is 2.18 bits per heavy atom. The number of aliphatic imine (C=N–C) groups is 1. The molecule has 7 heteroatoms. The first-order valence-electron chi connectivity index (χ1n) is 5.67. The van der Waals surface area contributed by atoms with E-state index in [-0.39, 0.29) is 24.0 Å². The van der Waals surface area contributed by atoms with Gasteiger partial charge in [-0.2, -0.15) is 0 Å². The van der Waals surface area contributed by atoms with Crippen LogP contribution in [0.5, 0.6) is 0 Å². The second kappa shape index (κ2) is 5.29. The zero-order chi connectivity index (χ0) is 11.8. The Balaban J connectivity index is 0.00000144. The van der Waals surface area contributed by atoms with Gasteiger partial charge in [0.15, 0.2) is 15.8 Å². The van der Waals surface area contributed by atoms with Crippen molar-refractivity contribution in [2.24, 2.45) is 4.99 Å². The Labute approximate surface area is 120 Å². The topological polar surface area (TPSA) is 70.6 Å². The van der Waals surface area contributed by atoms with Crippen molar-refractivity contribution in [3.05, 3.63) is 0 Å². The van der Waals surface area contributed by atoms with Gasteiger partial charge in [0.25, 0.3) is 0 Å². The van der Waals surface area contributed by atoms with Gasteiger partial charge in [-0.25, -0.2) is 8.42 Å². The van der Waals surface area contributed by atoms with Crippen LogP contribution in [0.15, 0.2) is 4.99 Å². The highest BCUT2D eigenvalue weighted by Crippen LogP contribution is 2.38. The first kappa shape index (κ1) is 15.0. The molecule has 5 nitrogen and oxygen atoms in total. The van der Waals surface area contributed by atoms with Crippen molar-refractivity contribution in [2.75, 3.05) is 19.3 Å². The van der Waals surface area contributed by atoms with Crippen LogP contribution in [0.1, 0.15) is 26.2 Å². The van der Waals surface area contributed by atoms with Gasteiger partial charge in [-0.15, -0.1) is 24.0 Å². The van der Waals surface area contributed by atoms with Gasteiger partial charge in [0.1, 0.15) is 0 Å². The average Bonchev–Trinajstić information content (AvgIpc) is 2.46. The summed E-state index contributed by atoms with van der Waals surface area (Å²) < 4.78 is 22.9. The number of nitrogens with zero attached hydrogens (tertiary/aromatic N) is 1. The molecule has 1 saturated carbocycles. The fourth-order valence-corrected chi connectivity index (χ4v) is 3.52. The van der Waals surface area contributed by atoms with E-state index in [9.17, 15) is 8.42 Å². The van der Waals surface area contributed by atoms with Crippen LogP contribution in [-0.2, 0) is 9.84 Å². The predicted octanol–water partition coefficient (Wildman–Crippen LogP) is 0.509. The van der Waals surface area contributed by atoms with Gasteiger partial charge < -0.3 is 10.6 Å². The van der Waals surface area contributed by atoms with E-state index >= 15 is 0 Å². The third-order valence-corrected chi connectivity index (χ3v) is 5.66. The molecule has 1 heterocycles. The summed E-state index contributed by atoms with van der Waals surface area (Å²) in [5.74, 6) is 0.738. The second-order valence-electron chi connectivity index (χ2n) is 4.90. The maximum absolute atomic E-state index is 11.7. The lowest BCUT2D eigenvalue weighted by atomic mass is 9.84. The Bertz CT molecular complexity index is 404. The molecular formula is C10H20IN3O2S. The van der Waals surface area contributed by atoms with Crippen LogP contribution >= 0.6 is 24.0 Å². The van der Waals surface area contributed by atoms with Crippen LogP contribution in [0, 0.1) is 0 Å². The summed E-state index contributed by atoms with van der Waals surface area (Å²) in [7, 11) is -2.98. The Morgan fingerprint density at radius 3 is 2.53 bits per heavy atom. The van der Waals surface area contributed by atoms with Crippen molar-refractivity contribution in [3.63, 3.8) is 0 Å². The van der Waals surface area contributed by atoms with Gasteiger partial charge in [0.2, 0.25) is 0 Å². The summed E-state index contributed by atoms with van der Waals surface area (Å²) in [5.41, 5.74) is 0. The highest BCUT2D eigenvalue weighted by molar-refractivity contribution is 14.0. The normalized spacial score (nSPS) is 26.2. The number of hydrogen-bond donors (Lipinski definition) is 2. The molecule has 0 aromatic carbocycles. The molecule has 17 heavy (non-hydrogen) atoms. The summed E-state index contributed by atoms with van der Waals surface area (Å²) in [4.78, 5) is 4.26. The SMILES string of the molecule is CC1CN=C(NCC2(S(C)(=O)=O)CCC2)N1.I. The highest BCUT2D eigenvalue weighted by atomic mass is 127. The van der Waals surface area contributed by atoms with Crippen LogP contribution in [0.4, 0.5) is 0 Å². The van der Waals surface area contributed by atoms with Crippen molar-refractivity contribution >= 4 is 39.8 Å². The van der Waals surface area contributed by atoms with Crippen LogP contribution in [0.25, 0.3) is 0 Å². The van der Waals surface area contributed by atoms with E-state index < -0.39 is 14.6 Å². The van der Waals surface area contributed by atoms with Gasteiger partial charge >= 0.3 is 0 Å². The van der Waals surface area contributed by atoms with Gasteiger partial charge in [0, 0.05) is 18.8 Å². The van der Waals surface area contributed by atoms with Crippen LogP contribution in [0.2, 0.25) is 0 Å². The Morgan fingerprint density at radius 1 is 1.53 bits per heavy atom. The zero-order valence-electron chi connectivity index (χ0n) is 10.2. The number of guanidine groups is 1.